The van der Waals surface area contributed by atoms with Gasteiger partial charge in [-0.15, -0.1) is 0 Å². The van der Waals surface area contributed by atoms with Crippen molar-refractivity contribution in [3.63, 3.8) is 0 Å². The Bertz CT molecular complexity index is 690. The molecule has 21 heavy (non-hydrogen) atoms. The molecule has 0 aromatic heterocycles. The lowest BCUT2D eigenvalue weighted by atomic mass is 10.1. The van der Waals surface area contributed by atoms with Gasteiger partial charge in [-0.25, -0.2) is 0 Å². The smallest absolute Gasteiger partial charge is 0.142 e. The van der Waals surface area contributed by atoms with Crippen LogP contribution in [0.25, 0.3) is 0 Å². The number of nitrogens with two attached hydrogens (primary N) is 1. The molecule has 0 radical (unpaired) electrons. The summed E-state index contributed by atoms with van der Waals surface area (Å²) in [5.74, 6) is 0.879. The second-order valence-electron chi connectivity index (χ2n) is 4.85. The number of anilines is 2. The lowest BCUT2D eigenvalue weighted by Gasteiger charge is -2.25. The molecular formula is C16H15ClN2OS. The minimum atomic E-state index is 0.350. The maximum atomic E-state index is 6.43. The van der Waals surface area contributed by atoms with Crippen molar-refractivity contribution in [2.75, 3.05) is 18.1 Å². The van der Waals surface area contributed by atoms with Gasteiger partial charge in [-0.1, -0.05) is 36.0 Å². The summed E-state index contributed by atoms with van der Waals surface area (Å²) in [6.45, 7) is 1.55. The summed E-state index contributed by atoms with van der Waals surface area (Å²) >= 11 is 11.4. The first-order valence-corrected chi connectivity index (χ1v) is 7.54. The van der Waals surface area contributed by atoms with E-state index in [-0.39, 0.29) is 0 Å². The highest BCUT2D eigenvalue weighted by Crippen LogP contribution is 2.39. The molecule has 1 aliphatic rings. The average Bonchev–Trinajstić information content (AvgIpc) is 2.69. The van der Waals surface area contributed by atoms with E-state index in [0.29, 0.717) is 16.6 Å². The third kappa shape index (κ3) is 2.82. The first-order chi connectivity index (χ1) is 10.2. The minimum absolute atomic E-state index is 0.350. The molecular weight excluding hydrogens is 304 g/mol. The Balaban J connectivity index is 2.06. The highest BCUT2D eigenvalue weighted by molar-refractivity contribution is 7.80. The maximum Gasteiger partial charge on any atom is 0.142 e. The lowest BCUT2D eigenvalue weighted by Crippen LogP contribution is -2.18. The van der Waals surface area contributed by atoms with Crippen LogP contribution in [0, 0.1) is 0 Å². The van der Waals surface area contributed by atoms with Crippen molar-refractivity contribution in [3.05, 3.63) is 53.1 Å². The van der Waals surface area contributed by atoms with Gasteiger partial charge in [0.15, 0.2) is 0 Å². The van der Waals surface area contributed by atoms with Gasteiger partial charge in [0.25, 0.3) is 0 Å². The Morgan fingerprint density at radius 2 is 2.00 bits per heavy atom. The number of hydrogen-bond acceptors (Lipinski definition) is 3. The van der Waals surface area contributed by atoms with Gasteiger partial charge in [-0.05, 0) is 36.8 Å². The monoisotopic (exact) mass is 318 g/mol. The van der Waals surface area contributed by atoms with Crippen LogP contribution in [0.15, 0.2) is 42.5 Å². The number of rotatable bonds is 2. The number of benzene rings is 2. The predicted octanol–water partition coefficient (Wildman–Crippen LogP) is 3.89. The van der Waals surface area contributed by atoms with E-state index in [1.165, 1.54) is 0 Å². The highest BCUT2D eigenvalue weighted by Gasteiger charge is 2.19. The zero-order valence-corrected chi connectivity index (χ0v) is 13.0. The summed E-state index contributed by atoms with van der Waals surface area (Å²) in [6, 6.07) is 13.7. The van der Waals surface area contributed by atoms with E-state index in [2.05, 4.69) is 4.90 Å². The van der Waals surface area contributed by atoms with Crippen LogP contribution >= 0.6 is 23.8 Å². The zero-order valence-electron chi connectivity index (χ0n) is 11.4. The van der Waals surface area contributed by atoms with Crippen LogP contribution in [0.1, 0.15) is 12.0 Å². The molecule has 5 heteroatoms. The molecule has 0 spiro atoms. The number of hydrogen-bond donors (Lipinski definition) is 1. The first kappa shape index (κ1) is 14.2. The molecule has 108 valence electrons. The molecule has 1 aliphatic heterocycles. The summed E-state index contributed by atoms with van der Waals surface area (Å²) in [5.41, 5.74) is 8.40. The maximum absolute atomic E-state index is 6.43. The fourth-order valence-corrected chi connectivity index (χ4v) is 2.87. The van der Waals surface area contributed by atoms with Crippen LogP contribution < -0.4 is 15.4 Å². The van der Waals surface area contributed by atoms with E-state index in [9.17, 15) is 0 Å². The molecule has 0 amide bonds. The molecule has 0 atom stereocenters. The number of fused-ring (bicyclic) bond motifs is 1. The number of halogens is 1. The largest absolute Gasteiger partial charge is 0.491 e. The van der Waals surface area contributed by atoms with Crippen molar-refractivity contribution in [2.24, 2.45) is 5.73 Å². The van der Waals surface area contributed by atoms with Crippen molar-refractivity contribution in [3.8, 4) is 5.75 Å². The molecule has 0 aliphatic carbocycles. The summed E-state index contributed by atoms with van der Waals surface area (Å²) in [7, 11) is 0. The van der Waals surface area contributed by atoms with E-state index in [0.717, 1.165) is 35.7 Å². The van der Waals surface area contributed by atoms with Gasteiger partial charge in [-0.2, -0.15) is 0 Å². The third-order valence-corrected chi connectivity index (χ3v) is 4.00. The van der Waals surface area contributed by atoms with Gasteiger partial charge in [0.05, 0.1) is 23.0 Å². The fraction of sp³-hybridized carbons (Fsp3) is 0.188. The topological polar surface area (TPSA) is 38.5 Å². The Kier molecular flexibility index (Phi) is 3.99. The number of para-hydroxylation sites is 2. The molecule has 0 fully saturated rings. The molecule has 2 N–H and O–H groups in total. The SMILES string of the molecule is NC(=S)c1ccc(N2CCCOc3ccccc32)c(Cl)c1. The quantitative estimate of drug-likeness (QED) is 0.852. The van der Waals surface area contributed by atoms with Gasteiger partial charge in [-0.3, -0.25) is 0 Å². The van der Waals surface area contributed by atoms with E-state index < -0.39 is 0 Å². The third-order valence-electron chi connectivity index (χ3n) is 3.46. The standard InChI is InChI=1S/C16H15ClN2OS/c17-12-10-11(16(18)21)6-7-13(12)19-8-3-9-20-15-5-2-1-4-14(15)19/h1-2,4-7,10H,3,8-9H2,(H2,18,21). The Hall–Kier alpha value is -1.78. The normalized spacial score (nSPS) is 14.0. The van der Waals surface area contributed by atoms with Crippen LogP contribution in [0.4, 0.5) is 11.4 Å². The van der Waals surface area contributed by atoms with Gasteiger partial charge in [0.1, 0.15) is 10.7 Å². The fourth-order valence-electron chi connectivity index (χ4n) is 2.46. The number of nitrogens with zero attached hydrogens (tertiary/aromatic N) is 1. The first-order valence-electron chi connectivity index (χ1n) is 6.75. The second-order valence-corrected chi connectivity index (χ2v) is 5.70. The zero-order chi connectivity index (χ0) is 14.8. The molecule has 3 rings (SSSR count). The van der Waals surface area contributed by atoms with Crippen LogP contribution in [-0.4, -0.2) is 18.1 Å². The van der Waals surface area contributed by atoms with Gasteiger partial charge in [0.2, 0.25) is 0 Å². The second kappa shape index (κ2) is 5.92. The van der Waals surface area contributed by atoms with Crippen LogP contribution in [0.2, 0.25) is 5.02 Å². The van der Waals surface area contributed by atoms with Crippen molar-refractivity contribution >= 4 is 40.2 Å². The summed E-state index contributed by atoms with van der Waals surface area (Å²) in [4.78, 5) is 2.52. The van der Waals surface area contributed by atoms with Crippen LogP contribution in [0.3, 0.4) is 0 Å². The molecule has 2 aromatic rings. The van der Waals surface area contributed by atoms with Gasteiger partial charge < -0.3 is 15.4 Å². The highest BCUT2D eigenvalue weighted by atomic mass is 35.5. The predicted molar refractivity (Wildman–Crippen MR) is 90.9 cm³/mol. The summed E-state index contributed by atoms with van der Waals surface area (Å²) in [5, 5.41) is 0.636. The summed E-state index contributed by atoms with van der Waals surface area (Å²) < 4.78 is 5.78. The van der Waals surface area contributed by atoms with Gasteiger partial charge in [0, 0.05) is 12.1 Å². The molecule has 2 aromatic carbocycles. The van der Waals surface area contributed by atoms with Crippen molar-refractivity contribution < 1.29 is 4.74 Å². The number of ether oxygens (including phenoxy) is 1. The average molecular weight is 319 g/mol. The van der Waals surface area contributed by atoms with Crippen LogP contribution in [-0.2, 0) is 0 Å². The minimum Gasteiger partial charge on any atom is -0.491 e. The van der Waals surface area contributed by atoms with E-state index in [1.54, 1.807) is 0 Å². The van der Waals surface area contributed by atoms with Gasteiger partial charge >= 0.3 is 0 Å². The molecule has 0 bridgehead atoms. The summed E-state index contributed by atoms with van der Waals surface area (Å²) in [6.07, 6.45) is 0.933. The molecule has 0 saturated carbocycles. The molecule has 3 nitrogen and oxygen atoms in total. The van der Waals surface area contributed by atoms with Crippen LogP contribution in [0.5, 0.6) is 5.75 Å². The Morgan fingerprint density at radius 1 is 1.19 bits per heavy atom. The van der Waals surface area contributed by atoms with E-state index >= 15 is 0 Å². The van der Waals surface area contributed by atoms with E-state index in [1.807, 2.05) is 42.5 Å². The molecule has 1 heterocycles. The van der Waals surface area contributed by atoms with Crippen molar-refractivity contribution in [1.29, 1.82) is 0 Å². The Morgan fingerprint density at radius 3 is 2.76 bits per heavy atom. The molecule has 0 saturated heterocycles. The van der Waals surface area contributed by atoms with Crippen molar-refractivity contribution in [1.82, 2.24) is 0 Å². The Labute approximate surface area is 134 Å². The number of thiocarbonyl (C=S) groups is 1. The van der Waals surface area contributed by atoms with E-state index in [4.69, 9.17) is 34.3 Å². The lowest BCUT2D eigenvalue weighted by molar-refractivity contribution is 0.322. The molecule has 0 unspecified atom stereocenters. The van der Waals surface area contributed by atoms with Crippen molar-refractivity contribution in [2.45, 2.75) is 6.42 Å².